The molecule has 1 aromatic heterocycles. The van der Waals surface area contributed by atoms with Gasteiger partial charge >= 0.3 is 0 Å². The molecule has 1 saturated heterocycles. The lowest BCUT2D eigenvalue weighted by molar-refractivity contribution is 0.280. The second-order valence-corrected chi connectivity index (χ2v) is 5.42. The van der Waals surface area contributed by atoms with Crippen molar-refractivity contribution in [1.29, 1.82) is 0 Å². The molecule has 0 aromatic carbocycles. The van der Waals surface area contributed by atoms with Gasteiger partial charge < -0.3 is 5.43 Å². The van der Waals surface area contributed by atoms with E-state index < -0.39 is 0 Å². The van der Waals surface area contributed by atoms with Gasteiger partial charge in [0.1, 0.15) is 11.6 Å². The van der Waals surface area contributed by atoms with Crippen LogP contribution in [0.3, 0.4) is 0 Å². The fourth-order valence-electron chi connectivity index (χ4n) is 1.93. The van der Waals surface area contributed by atoms with Crippen molar-refractivity contribution in [2.24, 2.45) is 5.84 Å². The van der Waals surface area contributed by atoms with Crippen LogP contribution in [-0.4, -0.2) is 39.5 Å². The molecule has 0 unspecified atom stereocenters. The van der Waals surface area contributed by atoms with E-state index in [0.717, 1.165) is 31.2 Å². The summed E-state index contributed by atoms with van der Waals surface area (Å²) in [6.07, 6.45) is 1.25. The minimum atomic E-state index is 0.691. The molecule has 1 aliphatic heterocycles. The Morgan fingerprint density at radius 2 is 2.29 bits per heavy atom. The van der Waals surface area contributed by atoms with Crippen molar-refractivity contribution in [2.45, 2.75) is 19.9 Å². The van der Waals surface area contributed by atoms with E-state index in [1.54, 1.807) is 0 Å². The normalized spacial score (nSPS) is 17.8. The smallest absolute Gasteiger partial charge is 0.145 e. The van der Waals surface area contributed by atoms with Crippen molar-refractivity contribution in [3.05, 3.63) is 17.6 Å². The van der Waals surface area contributed by atoms with Crippen LogP contribution in [0.25, 0.3) is 0 Å². The third-order valence-electron chi connectivity index (χ3n) is 2.73. The summed E-state index contributed by atoms with van der Waals surface area (Å²) in [5.41, 5.74) is 3.54. The van der Waals surface area contributed by atoms with Gasteiger partial charge in [-0.05, 0) is 25.6 Å². The number of rotatable bonds is 3. The molecule has 0 atom stereocenters. The largest absolute Gasteiger partial charge is 0.308 e. The molecule has 5 nitrogen and oxygen atoms in total. The van der Waals surface area contributed by atoms with E-state index in [0.29, 0.717) is 5.82 Å². The van der Waals surface area contributed by atoms with Gasteiger partial charge in [-0.1, -0.05) is 0 Å². The Balaban J connectivity index is 2.03. The third kappa shape index (κ3) is 3.83. The summed E-state index contributed by atoms with van der Waals surface area (Å²) >= 11 is 2.03. The van der Waals surface area contributed by atoms with Crippen LogP contribution < -0.4 is 11.3 Å². The summed E-state index contributed by atoms with van der Waals surface area (Å²) in [4.78, 5) is 11.2. The van der Waals surface area contributed by atoms with Crippen LogP contribution >= 0.6 is 11.8 Å². The zero-order valence-electron chi connectivity index (χ0n) is 10.1. The molecule has 0 amide bonds. The highest BCUT2D eigenvalue weighted by molar-refractivity contribution is 7.99. The lowest BCUT2D eigenvalue weighted by atomic mass is 10.3. The molecule has 6 heteroatoms. The average Bonchev–Trinajstić information content (AvgIpc) is 2.57. The minimum Gasteiger partial charge on any atom is -0.308 e. The fraction of sp³-hybridized carbons (Fsp3) is 0.636. The number of aryl methyl sites for hydroxylation is 1. The first-order valence-electron chi connectivity index (χ1n) is 5.89. The van der Waals surface area contributed by atoms with Crippen LogP contribution in [0.15, 0.2) is 6.07 Å². The highest BCUT2D eigenvalue weighted by Crippen LogP contribution is 2.13. The highest BCUT2D eigenvalue weighted by atomic mass is 32.2. The van der Waals surface area contributed by atoms with Gasteiger partial charge in [-0.3, -0.25) is 4.90 Å². The number of hydrogen-bond donors (Lipinski definition) is 2. The van der Waals surface area contributed by atoms with Crippen molar-refractivity contribution in [3.63, 3.8) is 0 Å². The number of nitrogen functional groups attached to an aromatic ring is 1. The summed E-state index contributed by atoms with van der Waals surface area (Å²) in [6, 6.07) is 1.85. The third-order valence-corrected chi connectivity index (χ3v) is 3.78. The molecule has 1 aromatic rings. The predicted molar refractivity (Wildman–Crippen MR) is 71.8 cm³/mol. The van der Waals surface area contributed by atoms with Crippen LogP contribution in [0, 0.1) is 6.92 Å². The summed E-state index contributed by atoms with van der Waals surface area (Å²) in [7, 11) is 0. The second kappa shape index (κ2) is 6.18. The first kappa shape index (κ1) is 12.6. The summed E-state index contributed by atoms with van der Waals surface area (Å²) in [6.45, 7) is 5.03. The molecule has 17 heavy (non-hydrogen) atoms. The molecule has 3 N–H and O–H groups in total. The maximum Gasteiger partial charge on any atom is 0.145 e. The monoisotopic (exact) mass is 253 g/mol. The van der Waals surface area contributed by atoms with E-state index in [1.165, 1.54) is 17.9 Å². The number of aromatic nitrogens is 2. The number of hydrogen-bond acceptors (Lipinski definition) is 6. The molecule has 1 aliphatic rings. The SMILES string of the molecule is Cc1cc(NN)nc(CN2CCCSCC2)n1. The predicted octanol–water partition coefficient (Wildman–Crippen LogP) is 1.01. The van der Waals surface area contributed by atoms with Crippen molar-refractivity contribution < 1.29 is 0 Å². The molecule has 0 spiro atoms. The van der Waals surface area contributed by atoms with Crippen LogP contribution in [0.5, 0.6) is 0 Å². The number of nitrogens with one attached hydrogen (secondary N) is 1. The summed E-state index contributed by atoms with van der Waals surface area (Å²) in [5, 5.41) is 0. The van der Waals surface area contributed by atoms with Gasteiger partial charge in [-0.2, -0.15) is 11.8 Å². The Morgan fingerprint density at radius 3 is 3.12 bits per heavy atom. The molecule has 2 rings (SSSR count). The van der Waals surface area contributed by atoms with Gasteiger partial charge in [0, 0.05) is 24.1 Å². The standard InChI is InChI=1S/C11H19N5S/c1-9-7-10(15-12)14-11(13-9)8-16-3-2-5-17-6-4-16/h7H,2-6,8,12H2,1H3,(H,13,14,15). The Kier molecular flexibility index (Phi) is 4.58. The van der Waals surface area contributed by atoms with Crippen LogP contribution in [0.4, 0.5) is 5.82 Å². The van der Waals surface area contributed by atoms with E-state index >= 15 is 0 Å². The molecule has 94 valence electrons. The van der Waals surface area contributed by atoms with Crippen LogP contribution in [0.1, 0.15) is 17.9 Å². The van der Waals surface area contributed by atoms with Gasteiger partial charge in [-0.15, -0.1) is 0 Å². The highest BCUT2D eigenvalue weighted by Gasteiger charge is 2.11. The van der Waals surface area contributed by atoms with Gasteiger partial charge in [0.15, 0.2) is 0 Å². The quantitative estimate of drug-likeness (QED) is 0.619. The van der Waals surface area contributed by atoms with Gasteiger partial charge in [0.2, 0.25) is 0 Å². The van der Waals surface area contributed by atoms with Crippen molar-refractivity contribution in [1.82, 2.24) is 14.9 Å². The number of anilines is 1. The van der Waals surface area contributed by atoms with E-state index in [9.17, 15) is 0 Å². The second-order valence-electron chi connectivity index (χ2n) is 4.20. The number of nitrogens with zero attached hydrogens (tertiary/aromatic N) is 3. The van der Waals surface area contributed by atoms with E-state index in [-0.39, 0.29) is 0 Å². The van der Waals surface area contributed by atoms with Crippen LogP contribution in [-0.2, 0) is 6.54 Å². The molecular formula is C11H19N5S. The lowest BCUT2D eigenvalue weighted by Crippen LogP contribution is -2.27. The van der Waals surface area contributed by atoms with Crippen LogP contribution in [0.2, 0.25) is 0 Å². The zero-order chi connectivity index (χ0) is 12.1. The van der Waals surface area contributed by atoms with Crippen molar-refractivity contribution >= 4 is 17.6 Å². The number of thioether (sulfide) groups is 1. The maximum absolute atomic E-state index is 5.39. The van der Waals surface area contributed by atoms with Gasteiger partial charge in [0.25, 0.3) is 0 Å². The Bertz CT molecular complexity index is 363. The maximum atomic E-state index is 5.39. The Hall–Kier alpha value is -0.850. The molecule has 0 bridgehead atoms. The Labute approximate surface area is 106 Å². The Morgan fingerprint density at radius 1 is 1.41 bits per heavy atom. The topological polar surface area (TPSA) is 67.1 Å². The molecule has 0 aliphatic carbocycles. The van der Waals surface area contributed by atoms with Gasteiger partial charge in [0.05, 0.1) is 6.54 Å². The summed E-state index contributed by atoms with van der Waals surface area (Å²) in [5.74, 6) is 9.40. The first-order chi connectivity index (χ1) is 8.28. The number of hydrazine groups is 1. The zero-order valence-corrected chi connectivity index (χ0v) is 11.0. The van der Waals surface area contributed by atoms with E-state index in [1.807, 2.05) is 24.8 Å². The van der Waals surface area contributed by atoms with Crippen molar-refractivity contribution in [2.75, 3.05) is 30.0 Å². The number of nitrogens with two attached hydrogens (primary N) is 1. The first-order valence-corrected chi connectivity index (χ1v) is 7.04. The van der Waals surface area contributed by atoms with E-state index in [4.69, 9.17) is 5.84 Å². The molecule has 0 radical (unpaired) electrons. The summed E-state index contributed by atoms with van der Waals surface area (Å²) < 4.78 is 0. The molecule has 0 saturated carbocycles. The van der Waals surface area contributed by atoms with E-state index in [2.05, 4.69) is 20.3 Å². The average molecular weight is 253 g/mol. The molecular weight excluding hydrogens is 234 g/mol. The minimum absolute atomic E-state index is 0.691. The van der Waals surface area contributed by atoms with Crippen molar-refractivity contribution in [3.8, 4) is 0 Å². The van der Waals surface area contributed by atoms with Gasteiger partial charge in [-0.25, -0.2) is 15.8 Å². The fourth-order valence-corrected chi connectivity index (χ4v) is 2.86. The lowest BCUT2D eigenvalue weighted by Gasteiger charge is -2.18. The molecule has 1 fully saturated rings. The molecule has 2 heterocycles.